The van der Waals surface area contributed by atoms with Gasteiger partial charge in [0.05, 0.1) is 13.3 Å². The molecule has 2 N–H and O–H groups in total. The molecular formula is C22H19N3O3. The number of anilines is 1. The Hall–Kier alpha value is -3.93. The third kappa shape index (κ3) is 5.04. The summed E-state index contributed by atoms with van der Waals surface area (Å²) < 4.78 is 5.14. The van der Waals surface area contributed by atoms with Crippen molar-refractivity contribution < 1.29 is 14.3 Å². The van der Waals surface area contributed by atoms with Gasteiger partial charge in [0.25, 0.3) is 11.8 Å². The van der Waals surface area contributed by atoms with Gasteiger partial charge in [-0.1, -0.05) is 30.3 Å². The van der Waals surface area contributed by atoms with Crippen LogP contribution in [0.15, 0.2) is 84.0 Å². The molecule has 0 spiro atoms. The molecule has 28 heavy (non-hydrogen) atoms. The number of ether oxygens (including phenoxy) is 1. The van der Waals surface area contributed by atoms with Crippen LogP contribution >= 0.6 is 0 Å². The number of rotatable bonds is 6. The first-order valence-corrected chi connectivity index (χ1v) is 8.59. The lowest BCUT2D eigenvalue weighted by atomic mass is 10.1. The van der Waals surface area contributed by atoms with Gasteiger partial charge in [0.15, 0.2) is 0 Å². The minimum Gasteiger partial charge on any atom is -0.497 e. The van der Waals surface area contributed by atoms with E-state index in [0.29, 0.717) is 22.6 Å². The number of methoxy groups -OCH3 is 1. The highest BCUT2D eigenvalue weighted by Crippen LogP contribution is 2.12. The van der Waals surface area contributed by atoms with E-state index < -0.39 is 0 Å². The summed E-state index contributed by atoms with van der Waals surface area (Å²) in [5, 5.41) is 6.74. The summed E-state index contributed by atoms with van der Waals surface area (Å²) in [7, 11) is 1.59. The number of carbonyl (C=O) groups excluding carboxylic acids is 2. The predicted molar refractivity (Wildman–Crippen MR) is 109 cm³/mol. The summed E-state index contributed by atoms with van der Waals surface area (Å²) >= 11 is 0. The second kappa shape index (κ2) is 9.14. The van der Waals surface area contributed by atoms with Crippen LogP contribution < -0.4 is 15.5 Å². The topological polar surface area (TPSA) is 79.8 Å². The van der Waals surface area contributed by atoms with Gasteiger partial charge in [0, 0.05) is 16.8 Å². The molecule has 0 fully saturated rings. The fourth-order valence-corrected chi connectivity index (χ4v) is 2.45. The van der Waals surface area contributed by atoms with Crippen molar-refractivity contribution in [1.29, 1.82) is 0 Å². The molecule has 2 amide bonds. The molecule has 140 valence electrons. The number of nitrogens with one attached hydrogen (secondary N) is 2. The van der Waals surface area contributed by atoms with Gasteiger partial charge in [-0.15, -0.1) is 0 Å². The molecule has 0 unspecified atom stereocenters. The smallest absolute Gasteiger partial charge is 0.271 e. The number of carbonyl (C=O) groups is 2. The Balaban J connectivity index is 1.57. The number of hydrogen-bond acceptors (Lipinski definition) is 4. The Morgan fingerprint density at radius 3 is 2.29 bits per heavy atom. The SMILES string of the molecule is COc1cccc(C=NNC(=O)c2ccc(NC(=O)c3ccccc3)cc2)c1. The van der Waals surface area contributed by atoms with Crippen molar-refractivity contribution in [2.24, 2.45) is 5.10 Å². The Labute approximate surface area is 162 Å². The van der Waals surface area contributed by atoms with Crippen LogP contribution in [0.1, 0.15) is 26.3 Å². The van der Waals surface area contributed by atoms with Gasteiger partial charge in [-0.3, -0.25) is 9.59 Å². The first-order chi connectivity index (χ1) is 13.7. The first kappa shape index (κ1) is 18.8. The molecule has 6 heteroatoms. The third-order valence-corrected chi connectivity index (χ3v) is 3.91. The summed E-state index contributed by atoms with van der Waals surface area (Å²) in [4.78, 5) is 24.3. The van der Waals surface area contributed by atoms with Gasteiger partial charge in [-0.25, -0.2) is 5.43 Å². The highest BCUT2D eigenvalue weighted by Gasteiger charge is 2.07. The van der Waals surface area contributed by atoms with E-state index in [1.54, 1.807) is 61.7 Å². The number of amides is 2. The maximum Gasteiger partial charge on any atom is 0.271 e. The van der Waals surface area contributed by atoms with E-state index in [9.17, 15) is 9.59 Å². The standard InChI is InChI=1S/C22H19N3O3/c1-28-20-9-5-6-16(14-20)15-23-25-22(27)18-10-12-19(13-11-18)24-21(26)17-7-3-2-4-8-17/h2-15H,1H3,(H,24,26)(H,25,27). The molecule has 0 aliphatic rings. The predicted octanol–water partition coefficient (Wildman–Crippen LogP) is 3.71. The van der Waals surface area contributed by atoms with Crippen LogP contribution in [0.3, 0.4) is 0 Å². The third-order valence-electron chi connectivity index (χ3n) is 3.91. The van der Waals surface area contributed by atoms with Crippen molar-refractivity contribution >= 4 is 23.7 Å². The van der Waals surface area contributed by atoms with Crippen LogP contribution in [-0.4, -0.2) is 25.1 Å². The molecule has 3 aromatic carbocycles. The summed E-state index contributed by atoms with van der Waals surface area (Å²) in [6.45, 7) is 0. The Morgan fingerprint density at radius 1 is 0.857 bits per heavy atom. The second-order valence-corrected chi connectivity index (χ2v) is 5.87. The number of hydrazone groups is 1. The van der Waals surface area contributed by atoms with Crippen molar-refractivity contribution in [2.75, 3.05) is 12.4 Å². The van der Waals surface area contributed by atoms with Gasteiger partial charge < -0.3 is 10.1 Å². The fraction of sp³-hybridized carbons (Fsp3) is 0.0455. The molecule has 0 aromatic heterocycles. The number of benzene rings is 3. The van der Waals surface area contributed by atoms with E-state index in [4.69, 9.17) is 4.74 Å². The molecule has 0 heterocycles. The second-order valence-electron chi connectivity index (χ2n) is 5.87. The Kier molecular flexibility index (Phi) is 6.15. The van der Waals surface area contributed by atoms with Crippen LogP contribution in [-0.2, 0) is 0 Å². The van der Waals surface area contributed by atoms with Crippen LogP contribution in [0, 0.1) is 0 Å². The molecule has 3 rings (SSSR count). The fourth-order valence-electron chi connectivity index (χ4n) is 2.45. The molecular weight excluding hydrogens is 354 g/mol. The molecule has 3 aromatic rings. The maximum absolute atomic E-state index is 12.2. The monoisotopic (exact) mass is 373 g/mol. The van der Waals surface area contributed by atoms with Crippen LogP contribution in [0.2, 0.25) is 0 Å². The lowest BCUT2D eigenvalue weighted by molar-refractivity contribution is 0.0954. The minimum atomic E-state index is -0.347. The van der Waals surface area contributed by atoms with Gasteiger partial charge >= 0.3 is 0 Å². The van der Waals surface area contributed by atoms with E-state index in [1.165, 1.54) is 6.21 Å². The molecule has 0 bridgehead atoms. The molecule has 0 aliphatic carbocycles. The molecule has 0 atom stereocenters. The summed E-state index contributed by atoms with van der Waals surface area (Å²) in [6.07, 6.45) is 1.54. The van der Waals surface area contributed by atoms with Crippen molar-refractivity contribution in [3.05, 3.63) is 95.6 Å². The normalized spacial score (nSPS) is 10.5. The van der Waals surface area contributed by atoms with E-state index in [1.807, 2.05) is 24.3 Å². The van der Waals surface area contributed by atoms with Crippen molar-refractivity contribution in [2.45, 2.75) is 0 Å². The lowest BCUT2D eigenvalue weighted by Crippen LogP contribution is -2.17. The van der Waals surface area contributed by atoms with Crippen LogP contribution in [0.25, 0.3) is 0 Å². The highest BCUT2D eigenvalue weighted by molar-refractivity contribution is 6.04. The highest BCUT2D eigenvalue weighted by atomic mass is 16.5. The molecule has 0 aliphatic heterocycles. The van der Waals surface area contributed by atoms with E-state index in [0.717, 1.165) is 5.56 Å². The molecule has 0 radical (unpaired) electrons. The zero-order chi connectivity index (χ0) is 19.8. The number of hydrogen-bond donors (Lipinski definition) is 2. The quantitative estimate of drug-likeness (QED) is 0.511. The minimum absolute atomic E-state index is 0.208. The van der Waals surface area contributed by atoms with Crippen molar-refractivity contribution in [1.82, 2.24) is 5.43 Å². The average molecular weight is 373 g/mol. The summed E-state index contributed by atoms with van der Waals surface area (Å²) in [5.41, 5.74) is 4.88. The first-order valence-electron chi connectivity index (χ1n) is 8.59. The summed E-state index contributed by atoms with van der Waals surface area (Å²) in [5.74, 6) is 0.157. The van der Waals surface area contributed by atoms with Gasteiger partial charge in [-0.05, 0) is 54.1 Å². The van der Waals surface area contributed by atoms with E-state index >= 15 is 0 Å². The largest absolute Gasteiger partial charge is 0.497 e. The van der Waals surface area contributed by atoms with E-state index in [-0.39, 0.29) is 11.8 Å². The van der Waals surface area contributed by atoms with Crippen LogP contribution in [0.5, 0.6) is 5.75 Å². The van der Waals surface area contributed by atoms with Gasteiger partial charge in [-0.2, -0.15) is 5.10 Å². The lowest BCUT2D eigenvalue weighted by Gasteiger charge is -2.06. The molecule has 0 saturated carbocycles. The zero-order valence-electron chi connectivity index (χ0n) is 15.3. The summed E-state index contributed by atoms with van der Waals surface area (Å²) in [6, 6.07) is 22.8. The Bertz CT molecular complexity index is 983. The van der Waals surface area contributed by atoms with Gasteiger partial charge in [0.2, 0.25) is 0 Å². The van der Waals surface area contributed by atoms with Crippen molar-refractivity contribution in [3.8, 4) is 5.75 Å². The van der Waals surface area contributed by atoms with Gasteiger partial charge in [0.1, 0.15) is 5.75 Å². The van der Waals surface area contributed by atoms with Crippen molar-refractivity contribution in [3.63, 3.8) is 0 Å². The molecule has 6 nitrogen and oxygen atoms in total. The van der Waals surface area contributed by atoms with Crippen LogP contribution in [0.4, 0.5) is 5.69 Å². The zero-order valence-corrected chi connectivity index (χ0v) is 15.3. The average Bonchev–Trinajstić information content (AvgIpc) is 2.75. The molecule has 0 saturated heterocycles. The number of nitrogens with zero attached hydrogens (tertiary/aromatic N) is 1. The maximum atomic E-state index is 12.2. The Morgan fingerprint density at radius 2 is 1.57 bits per heavy atom. The van der Waals surface area contributed by atoms with E-state index in [2.05, 4.69) is 15.8 Å².